The first-order valence-corrected chi connectivity index (χ1v) is 7.65. The monoisotopic (exact) mass is 351 g/mol. The Morgan fingerprint density at radius 2 is 2.10 bits per heavy atom. The van der Waals surface area contributed by atoms with Crippen molar-refractivity contribution < 1.29 is 13.9 Å². The van der Waals surface area contributed by atoms with Crippen LogP contribution in [0, 0.1) is 0 Å². The summed E-state index contributed by atoms with van der Waals surface area (Å²) in [4.78, 5) is 11.8. The molecule has 0 fully saturated rings. The maximum atomic E-state index is 11.8. The van der Waals surface area contributed by atoms with Gasteiger partial charge in [-0.25, -0.2) is 0 Å². The molecule has 1 aromatic carbocycles. The van der Waals surface area contributed by atoms with Crippen LogP contribution in [0.5, 0.6) is 5.75 Å². The number of benzene rings is 1. The second-order valence-electron chi connectivity index (χ2n) is 4.71. The van der Waals surface area contributed by atoms with Gasteiger partial charge in [-0.05, 0) is 49.7 Å². The molecule has 0 saturated heterocycles. The summed E-state index contributed by atoms with van der Waals surface area (Å²) >= 11 is 3.37. The molecule has 1 unspecified atom stereocenters. The van der Waals surface area contributed by atoms with Crippen LogP contribution in [0.2, 0.25) is 0 Å². The van der Waals surface area contributed by atoms with Crippen molar-refractivity contribution in [2.24, 2.45) is 0 Å². The van der Waals surface area contributed by atoms with Crippen molar-refractivity contribution in [3.05, 3.63) is 52.9 Å². The fourth-order valence-corrected chi connectivity index (χ4v) is 2.14. The number of furan rings is 1. The number of carbonyl (C=O) groups excluding carboxylic acids is 1. The molecule has 0 aliphatic heterocycles. The minimum Gasteiger partial charge on any atom is -0.494 e. The Bertz CT molecular complexity index is 551. The van der Waals surface area contributed by atoms with Gasteiger partial charge in [-0.2, -0.15) is 0 Å². The van der Waals surface area contributed by atoms with Crippen molar-refractivity contribution in [1.82, 2.24) is 5.32 Å². The topological polar surface area (TPSA) is 51.5 Å². The lowest BCUT2D eigenvalue weighted by Crippen LogP contribution is -2.26. The molecule has 112 valence electrons. The molecule has 1 N–H and O–H groups in total. The summed E-state index contributed by atoms with van der Waals surface area (Å²) < 4.78 is 11.8. The van der Waals surface area contributed by atoms with Crippen molar-refractivity contribution in [1.29, 1.82) is 0 Å². The second kappa shape index (κ2) is 7.88. The number of nitrogens with one attached hydrogen (secondary N) is 1. The molecule has 5 heteroatoms. The minimum absolute atomic E-state index is 0.00157. The number of ether oxygens (including phenoxy) is 1. The van der Waals surface area contributed by atoms with Crippen LogP contribution in [0.4, 0.5) is 0 Å². The minimum atomic E-state index is -0.111. The van der Waals surface area contributed by atoms with Crippen molar-refractivity contribution in [2.45, 2.75) is 25.8 Å². The van der Waals surface area contributed by atoms with Gasteiger partial charge in [-0.1, -0.05) is 15.9 Å². The Hall–Kier alpha value is -1.75. The molecule has 0 saturated carbocycles. The number of rotatable bonds is 7. The SMILES string of the molecule is CC(NC(=O)CCCOc1ccc(Br)cc1)c1ccco1. The molecule has 1 atom stereocenters. The molecular formula is C16H18BrNO3. The van der Waals surface area contributed by atoms with Gasteiger partial charge in [0, 0.05) is 10.9 Å². The van der Waals surface area contributed by atoms with Crippen LogP contribution in [-0.4, -0.2) is 12.5 Å². The largest absolute Gasteiger partial charge is 0.494 e. The summed E-state index contributed by atoms with van der Waals surface area (Å²) in [6, 6.07) is 11.2. The Morgan fingerprint density at radius 3 is 2.76 bits per heavy atom. The van der Waals surface area contributed by atoms with E-state index in [-0.39, 0.29) is 11.9 Å². The number of hydrogen-bond acceptors (Lipinski definition) is 3. The van der Waals surface area contributed by atoms with E-state index in [0.29, 0.717) is 19.4 Å². The van der Waals surface area contributed by atoms with Crippen LogP contribution in [0.1, 0.15) is 31.6 Å². The van der Waals surface area contributed by atoms with Crippen LogP contribution in [0.15, 0.2) is 51.6 Å². The van der Waals surface area contributed by atoms with Crippen molar-refractivity contribution in [3.63, 3.8) is 0 Å². The van der Waals surface area contributed by atoms with E-state index in [9.17, 15) is 4.79 Å². The van der Waals surface area contributed by atoms with E-state index < -0.39 is 0 Å². The maximum absolute atomic E-state index is 11.8. The van der Waals surface area contributed by atoms with Crippen LogP contribution in [-0.2, 0) is 4.79 Å². The lowest BCUT2D eigenvalue weighted by atomic mass is 10.2. The van der Waals surface area contributed by atoms with Gasteiger partial charge in [-0.15, -0.1) is 0 Å². The van der Waals surface area contributed by atoms with E-state index >= 15 is 0 Å². The molecule has 0 radical (unpaired) electrons. The van der Waals surface area contributed by atoms with Gasteiger partial charge in [0.05, 0.1) is 18.9 Å². The van der Waals surface area contributed by atoms with E-state index in [1.54, 1.807) is 6.26 Å². The number of carbonyl (C=O) groups is 1. The first kappa shape index (κ1) is 15.6. The van der Waals surface area contributed by atoms with E-state index in [0.717, 1.165) is 16.0 Å². The zero-order chi connectivity index (χ0) is 15.1. The molecule has 1 aromatic heterocycles. The third-order valence-electron chi connectivity index (χ3n) is 2.98. The van der Waals surface area contributed by atoms with Crippen molar-refractivity contribution >= 4 is 21.8 Å². The third kappa shape index (κ3) is 5.27. The third-order valence-corrected chi connectivity index (χ3v) is 3.51. The lowest BCUT2D eigenvalue weighted by Gasteiger charge is -2.11. The van der Waals surface area contributed by atoms with Gasteiger partial charge in [0.2, 0.25) is 5.91 Å². The molecule has 0 aliphatic rings. The van der Waals surface area contributed by atoms with Crippen molar-refractivity contribution in [2.75, 3.05) is 6.61 Å². The predicted molar refractivity (Wildman–Crippen MR) is 84.1 cm³/mol. The average molecular weight is 352 g/mol. The number of amides is 1. The van der Waals surface area contributed by atoms with E-state index in [1.165, 1.54) is 0 Å². The number of halogens is 1. The summed E-state index contributed by atoms with van der Waals surface area (Å²) in [5.74, 6) is 1.57. The fraction of sp³-hybridized carbons (Fsp3) is 0.312. The van der Waals surface area contributed by atoms with Gasteiger partial charge >= 0.3 is 0 Å². The fourth-order valence-electron chi connectivity index (χ4n) is 1.88. The molecule has 2 aromatic rings. The molecule has 2 rings (SSSR count). The highest BCUT2D eigenvalue weighted by molar-refractivity contribution is 9.10. The highest BCUT2D eigenvalue weighted by Crippen LogP contribution is 2.16. The van der Waals surface area contributed by atoms with E-state index in [1.807, 2.05) is 43.3 Å². The molecule has 21 heavy (non-hydrogen) atoms. The van der Waals surface area contributed by atoms with Crippen LogP contribution in [0.3, 0.4) is 0 Å². The Balaban J connectivity index is 1.64. The first-order chi connectivity index (χ1) is 10.1. The summed E-state index contributed by atoms with van der Waals surface area (Å²) in [5, 5.41) is 2.89. The van der Waals surface area contributed by atoms with Crippen LogP contribution < -0.4 is 10.1 Å². The molecule has 0 spiro atoms. The van der Waals surface area contributed by atoms with Crippen LogP contribution in [0.25, 0.3) is 0 Å². The first-order valence-electron chi connectivity index (χ1n) is 6.86. The average Bonchev–Trinajstić information content (AvgIpc) is 3.00. The Morgan fingerprint density at radius 1 is 1.33 bits per heavy atom. The molecule has 4 nitrogen and oxygen atoms in total. The zero-order valence-electron chi connectivity index (χ0n) is 11.8. The quantitative estimate of drug-likeness (QED) is 0.764. The molecule has 0 bridgehead atoms. The van der Waals surface area contributed by atoms with E-state index in [4.69, 9.17) is 9.15 Å². The highest BCUT2D eigenvalue weighted by Gasteiger charge is 2.11. The zero-order valence-corrected chi connectivity index (χ0v) is 13.4. The molecular weight excluding hydrogens is 334 g/mol. The normalized spacial score (nSPS) is 11.9. The molecule has 0 aliphatic carbocycles. The lowest BCUT2D eigenvalue weighted by molar-refractivity contribution is -0.122. The Kier molecular flexibility index (Phi) is 5.87. The number of hydrogen-bond donors (Lipinski definition) is 1. The summed E-state index contributed by atoms with van der Waals surface area (Å²) in [7, 11) is 0. The summed E-state index contributed by atoms with van der Waals surface area (Å²) in [6.07, 6.45) is 2.71. The summed E-state index contributed by atoms with van der Waals surface area (Å²) in [6.45, 7) is 2.42. The van der Waals surface area contributed by atoms with Gasteiger partial charge in [0.1, 0.15) is 11.5 Å². The van der Waals surface area contributed by atoms with Crippen LogP contribution >= 0.6 is 15.9 Å². The predicted octanol–water partition coefficient (Wildman–Crippen LogP) is 4.08. The van der Waals surface area contributed by atoms with E-state index in [2.05, 4.69) is 21.2 Å². The maximum Gasteiger partial charge on any atom is 0.220 e. The molecule has 1 heterocycles. The van der Waals surface area contributed by atoms with Gasteiger partial charge in [0.25, 0.3) is 0 Å². The standard InChI is InChI=1S/C16H18BrNO3/c1-12(15-4-2-11-21-15)18-16(19)5-3-10-20-14-8-6-13(17)7-9-14/h2,4,6-9,11-12H,3,5,10H2,1H3,(H,18,19). The van der Waals surface area contributed by atoms with Gasteiger partial charge < -0.3 is 14.5 Å². The summed E-state index contributed by atoms with van der Waals surface area (Å²) in [5.41, 5.74) is 0. The second-order valence-corrected chi connectivity index (χ2v) is 5.63. The van der Waals surface area contributed by atoms with Gasteiger partial charge in [0.15, 0.2) is 0 Å². The smallest absolute Gasteiger partial charge is 0.220 e. The highest BCUT2D eigenvalue weighted by atomic mass is 79.9. The Labute approximate surface area is 132 Å². The molecule has 1 amide bonds. The van der Waals surface area contributed by atoms with Gasteiger partial charge in [-0.3, -0.25) is 4.79 Å². The van der Waals surface area contributed by atoms with Crippen molar-refractivity contribution in [3.8, 4) is 5.75 Å².